The number of nitrogens with one attached hydrogen (secondary N) is 1. The first-order valence-corrected chi connectivity index (χ1v) is 8.50. The molecule has 4 nitrogen and oxygen atoms in total. The average Bonchev–Trinajstić information content (AvgIpc) is 3.06. The lowest BCUT2D eigenvalue weighted by atomic mass is 10.2. The molecule has 6 heteroatoms. The standard InChI is InChI=1S/C18H14FN3OS/c19-14-7-5-12(6-8-14)10-20-18-22-21-15(11-24-18)17-9-13-3-1-2-4-16(13)23-17/h1-9H,10-11H2,(H,20,22). The third-order valence-electron chi connectivity index (χ3n) is 3.66. The number of fused-ring (bicyclic) bond motifs is 1. The lowest BCUT2D eigenvalue weighted by molar-refractivity contribution is 0.603. The fraction of sp³-hybridized carbons (Fsp3) is 0.111. The highest BCUT2D eigenvalue weighted by Gasteiger charge is 2.16. The number of halogens is 1. The lowest BCUT2D eigenvalue weighted by Crippen LogP contribution is -2.25. The molecule has 0 atom stereocenters. The largest absolute Gasteiger partial charge is 0.455 e. The first-order valence-electron chi connectivity index (χ1n) is 7.51. The number of hydrogen-bond donors (Lipinski definition) is 1. The number of benzene rings is 2. The minimum absolute atomic E-state index is 0.239. The molecule has 24 heavy (non-hydrogen) atoms. The number of hydrogen-bond acceptors (Lipinski definition) is 4. The smallest absolute Gasteiger partial charge is 0.177 e. The van der Waals surface area contributed by atoms with Crippen molar-refractivity contribution in [3.05, 3.63) is 71.7 Å². The van der Waals surface area contributed by atoms with E-state index in [1.54, 1.807) is 23.9 Å². The van der Waals surface area contributed by atoms with E-state index in [1.165, 1.54) is 12.1 Å². The van der Waals surface area contributed by atoms with E-state index in [4.69, 9.17) is 4.42 Å². The van der Waals surface area contributed by atoms with E-state index in [0.717, 1.165) is 33.2 Å². The maximum atomic E-state index is 12.9. The van der Waals surface area contributed by atoms with Crippen LogP contribution in [-0.4, -0.2) is 16.6 Å². The Hall–Kier alpha value is -2.60. The summed E-state index contributed by atoms with van der Waals surface area (Å²) >= 11 is 1.57. The Morgan fingerprint density at radius 2 is 2.00 bits per heavy atom. The number of rotatable bonds is 3. The van der Waals surface area contributed by atoms with Crippen LogP contribution >= 0.6 is 11.8 Å². The van der Waals surface area contributed by atoms with Gasteiger partial charge in [0.05, 0.1) is 6.54 Å². The van der Waals surface area contributed by atoms with Crippen LogP contribution in [0.2, 0.25) is 0 Å². The van der Waals surface area contributed by atoms with Crippen LogP contribution in [0.1, 0.15) is 11.3 Å². The Balaban J connectivity index is 1.46. The van der Waals surface area contributed by atoms with Gasteiger partial charge in [-0.25, -0.2) is 4.39 Å². The van der Waals surface area contributed by atoms with Gasteiger partial charge in [-0.15, -0.1) is 0 Å². The molecule has 0 spiro atoms. The predicted octanol–water partition coefficient (Wildman–Crippen LogP) is 4.17. The first kappa shape index (κ1) is 15.0. The summed E-state index contributed by atoms with van der Waals surface area (Å²) in [6.45, 7) is 0.491. The Morgan fingerprint density at radius 3 is 2.75 bits per heavy atom. The molecule has 0 fully saturated rings. The molecular weight excluding hydrogens is 325 g/mol. The van der Waals surface area contributed by atoms with Crippen molar-refractivity contribution in [3.8, 4) is 0 Å². The quantitative estimate of drug-likeness (QED) is 0.779. The molecule has 2 aromatic carbocycles. The van der Waals surface area contributed by atoms with E-state index in [9.17, 15) is 4.39 Å². The van der Waals surface area contributed by atoms with Crippen LogP contribution in [0, 0.1) is 5.82 Å². The van der Waals surface area contributed by atoms with Crippen molar-refractivity contribution < 1.29 is 8.81 Å². The molecule has 0 aliphatic carbocycles. The van der Waals surface area contributed by atoms with Gasteiger partial charge in [-0.2, -0.15) is 5.10 Å². The molecule has 0 saturated carbocycles. The number of thioether (sulfide) groups is 1. The lowest BCUT2D eigenvalue weighted by Gasteiger charge is -2.13. The summed E-state index contributed by atoms with van der Waals surface area (Å²) in [5.41, 5.74) is 5.63. The van der Waals surface area contributed by atoms with Crippen LogP contribution in [0.5, 0.6) is 0 Å². The van der Waals surface area contributed by atoms with Crippen molar-refractivity contribution >= 4 is 33.6 Å². The molecule has 1 aromatic heterocycles. The molecule has 1 aliphatic rings. The second-order valence-corrected chi connectivity index (χ2v) is 6.32. The van der Waals surface area contributed by atoms with Gasteiger partial charge in [0.25, 0.3) is 0 Å². The highest BCUT2D eigenvalue weighted by atomic mass is 32.2. The van der Waals surface area contributed by atoms with Gasteiger partial charge in [0.15, 0.2) is 10.9 Å². The molecule has 3 aromatic rings. The van der Waals surface area contributed by atoms with Crippen molar-refractivity contribution in [3.63, 3.8) is 0 Å². The number of hydrazone groups is 1. The van der Waals surface area contributed by atoms with E-state index in [1.807, 2.05) is 30.3 Å². The van der Waals surface area contributed by atoms with Crippen LogP contribution in [0.15, 0.2) is 69.1 Å². The summed E-state index contributed by atoms with van der Waals surface area (Å²) in [7, 11) is 0. The molecule has 120 valence electrons. The van der Waals surface area contributed by atoms with Gasteiger partial charge in [-0.1, -0.05) is 42.1 Å². The topological polar surface area (TPSA) is 49.9 Å². The fourth-order valence-electron chi connectivity index (χ4n) is 2.40. The van der Waals surface area contributed by atoms with Gasteiger partial charge in [0, 0.05) is 11.1 Å². The molecule has 4 rings (SSSR count). The Bertz CT molecular complexity index is 898. The molecular formula is C18H14FN3OS. The second-order valence-electron chi connectivity index (χ2n) is 5.36. The Labute approximate surface area is 142 Å². The van der Waals surface area contributed by atoms with E-state index >= 15 is 0 Å². The van der Waals surface area contributed by atoms with E-state index in [2.05, 4.69) is 15.5 Å². The zero-order chi connectivity index (χ0) is 16.4. The predicted molar refractivity (Wildman–Crippen MR) is 95.9 cm³/mol. The summed E-state index contributed by atoms with van der Waals surface area (Å²) in [5.74, 6) is 1.22. The van der Waals surface area contributed by atoms with Gasteiger partial charge in [-0.05, 0) is 29.8 Å². The van der Waals surface area contributed by atoms with Crippen LogP contribution in [0.25, 0.3) is 11.0 Å². The van der Waals surface area contributed by atoms with Crippen LogP contribution in [0.4, 0.5) is 4.39 Å². The minimum Gasteiger partial charge on any atom is -0.455 e. The number of amidine groups is 1. The second kappa shape index (κ2) is 6.49. The van der Waals surface area contributed by atoms with Crippen molar-refractivity contribution in [2.75, 3.05) is 5.75 Å². The summed E-state index contributed by atoms with van der Waals surface area (Å²) < 4.78 is 18.7. The average molecular weight is 339 g/mol. The number of nitrogens with zero attached hydrogens (tertiary/aromatic N) is 2. The molecule has 0 amide bonds. The summed E-state index contributed by atoms with van der Waals surface area (Å²) in [4.78, 5) is 4.46. The van der Waals surface area contributed by atoms with Crippen molar-refractivity contribution in [2.24, 2.45) is 10.1 Å². The van der Waals surface area contributed by atoms with Crippen molar-refractivity contribution in [2.45, 2.75) is 6.54 Å². The van der Waals surface area contributed by atoms with Crippen LogP contribution in [0.3, 0.4) is 0 Å². The zero-order valence-electron chi connectivity index (χ0n) is 12.7. The number of para-hydroxylation sites is 1. The summed E-state index contributed by atoms with van der Waals surface area (Å²) in [6.07, 6.45) is 0. The van der Waals surface area contributed by atoms with E-state index < -0.39 is 0 Å². The maximum Gasteiger partial charge on any atom is 0.177 e. The highest BCUT2D eigenvalue weighted by Crippen LogP contribution is 2.22. The number of furan rings is 1. The Kier molecular flexibility index (Phi) is 4.04. The molecule has 1 aliphatic heterocycles. The van der Waals surface area contributed by atoms with Gasteiger partial charge in [-0.3, -0.25) is 10.4 Å². The molecule has 0 unspecified atom stereocenters. The van der Waals surface area contributed by atoms with Crippen molar-refractivity contribution in [1.29, 1.82) is 0 Å². The Morgan fingerprint density at radius 1 is 1.17 bits per heavy atom. The summed E-state index contributed by atoms with van der Waals surface area (Å²) in [5, 5.41) is 6.18. The third kappa shape index (κ3) is 3.19. The molecule has 1 N–H and O–H groups in total. The van der Waals surface area contributed by atoms with Gasteiger partial charge < -0.3 is 4.42 Å². The normalized spacial score (nSPS) is 16.2. The molecule has 2 heterocycles. The third-order valence-corrected chi connectivity index (χ3v) is 4.57. The summed E-state index contributed by atoms with van der Waals surface area (Å²) in [6, 6.07) is 16.2. The monoisotopic (exact) mass is 339 g/mol. The maximum absolute atomic E-state index is 12.9. The minimum atomic E-state index is -0.239. The highest BCUT2D eigenvalue weighted by molar-refractivity contribution is 8.14. The number of aliphatic imine (C=N–C) groups is 1. The molecule has 0 radical (unpaired) electrons. The van der Waals surface area contributed by atoms with E-state index in [-0.39, 0.29) is 5.82 Å². The molecule has 0 bridgehead atoms. The van der Waals surface area contributed by atoms with Crippen LogP contribution in [-0.2, 0) is 6.54 Å². The van der Waals surface area contributed by atoms with Gasteiger partial charge in [0.2, 0.25) is 0 Å². The van der Waals surface area contributed by atoms with E-state index in [0.29, 0.717) is 12.3 Å². The van der Waals surface area contributed by atoms with Crippen molar-refractivity contribution in [1.82, 2.24) is 5.43 Å². The zero-order valence-corrected chi connectivity index (χ0v) is 13.5. The van der Waals surface area contributed by atoms with Crippen LogP contribution < -0.4 is 5.43 Å². The fourth-order valence-corrected chi connectivity index (χ4v) is 3.15. The first-order chi connectivity index (χ1) is 11.8. The van der Waals surface area contributed by atoms with Gasteiger partial charge in [0.1, 0.15) is 17.1 Å². The molecule has 0 saturated heterocycles. The SMILES string of the molecule is Fc1ccc(CN=C2NN=C(c3cc4ccccc4o3)CS2)cc1. The van der Waals surface area contributed by atoms with Gasteiger partial charge >= 0.3 is 0 Å².